The molecule has 0 unspecified atom stereocenters. The van der Waals surface area contributed by atoms with Crippen molar-refractivity contribution in [1.82, 2.24) is 14.5 Å². The molecule has 3 aromatic heterocycles. The summed E-state index contributed by atoms with van der Waals surface area (Å²) >= 11 is 1.06. The van der Waals surface area contributed by atoms with Crippen molar-refractivity contribution >= 4 is 54.0 Å². The van der Waals surface area contributed by atoms with E-state index in [2.05, 4.69) is 15.3 Å². The van der Waals surface area contributed by atoms with Crippen molar-refractivity contribution in [3.8, 4) is 11.1 Å². The normalized spacial score (nSPS) is 15.1. The number of fused-ring (bicyclic) bond motifs is 2. The Balaban J connectivity index is 1.48. The van der Waals surface area contributed by atoms with E-state index in [1.807, 2.05) is 4.72 Å². The molecule has 0 atom stereocenters. The molecule has 0 aliphatic heterocycles. The van der Waals surface area contributed by atoms with E-state index in [1.54, 1.807) is 0 Å². The van der Waals surface area contributed by atoms with E-state index < -0.39 is 79.6 Å². The molecule has 0 amide bonds. The fourth-order valence-corrected chi connectivity index (χ4v) is 6.93. The Hall–Kier alpha value is -4.15. The molecular formula is C27H20F5N5O4S2. The molecule has 16 heteroatoms. The predicted molar refractivity (Wildman–Crippen MR) is 151 cm³/mol. The minimum absolute atomic E-state index is 0.114. The number of aliphatic hydroxyl groups excluding tert-OH is 1. The summed E-state index contributed by atoms with van der Waals surface area (Å²) in [5, 5.41) is 12.1. The van der Waals surface area contributed by atoms with E-state index in [9.17, 15) is 26.4 Å². The highest BCUT2D eigenvalue weighted by Crippen LogP contribution is 2.46. The smallest absolute Gasteiger partial charge is 0.264 e. The first-order chi connectivity index (χ1) is 20.4. The monoisotopic (exact) mass is 637 g/mol. The summed E-state index contributed by atoms with van der Waals surface area (Å²) in [6.07, 6.45) is -0.104. The van der Waals surface area contributed by atoms with Gasteiger partial charge >= 0.3 is 0 Å². The second kappa shape index (κ2) is 10.5. The molecule has 9 nitrogen and oxygen atoms in total. The summed E-state index contributed by atoms with van der Waals surface area (Å²) < 4.78 is 103. The number of rotatable bonds is 8. The van der Waals surface area contributed by atoms with Gasteiger partial charge in [-0.1, -0.05) is 0 Å². The van der Waals surface area contributed by atoms with Crippen molar-refractivity contribution < 1.29 is 35.5 Å². The Kier molecular flexibility index (Phi) is 7.09. The number of sulfonamides is 1. The van der Waals surface area contributed by atoms with Gasteiger partial charge in [0.15, 0.2) is 5.82 Å². The van der Waals surface area contributed by atoms with Gasteiger partial charge in [0.25, 0.3) is 21.5 Å². The molecule has 0 spiro atoms. The summed E-state index contributed by atoms with van der Waals surface area (Å²) in [5.74, 6) is -6.66. The number of halogens is 5. The fourth-order valence-electron chi connectivity index (χ4n) is 5.01. The maximum absolute atomic E-state index is 15.9. The van der Waals surface area contributed by atoms with E-state index >= 15 is 8.78 Å². The number of pyridine rings is 2. The van der Waals surface area contributed by atoms with Gasteiger partial charge in [-0.3, -0.25) is 9.52 Å². The van der Waals surface area contributed by atoms with Crippen LogP contribution in [-0.4, -0.2) is 47.1 Å². The number of nitrogens with one attached hydrogen (secondary N) is 2. The lowest BCUT2D eigenvalue weighted by Crippen LogP contribution is -2.41. The number of anilines is 2. The Morgan fingerprint density at radius 1 is 1.07 bits per heavy atom. The largest absolute Gasteiger partial charge is 0.395 e. The SMILES string of the molecule is O=c1c(-c2c(F)ccc(NS(=O)(=O)c3cc4scnc4cc3F)c2F)cc2cnc(NCCO)cc2n1C1CC(F)(F)C1. The number of aliphatic hydroxyl groups is 1. The van der Waals surface area contributed by atoms with Crippen LogP contribution < -0.4 is 15.6 Å². The van der Waals surface area contributed by atoms with Crippen LogP contribution in [0.4, 0.5) is 33.5 Å². The molecule has 3 N–H and O–H groups in total. The van der Waals surface area contributed by atoms with Crippen molar-refractivity contribution in [2.75, 3.05) is 23.2 Å². The number of nitrogens with zero attached hydrogens (tertiary/aromatic N) is 3. The van der Waals surface area contributed by atoms with Crippen LogP contribution in [0.2, 0.25) is 0 Å². The van der Waals surface area contributed by atoms with E-state index in [0.29, 0.717) is 4.70 Å². The minimum atomic E-state index is -4.74. The van der Waals surface area contributed by atoms with Gasteiger partial charge in [-0.25, -0.2) is 40.3 Å². The van der Waals surface area contributed by atoms with E-state index in [-0.39, 0.29) is 35.4 Å². The maximum atomic E-state index is 15.9. The van der Waals surface area contributed by atoms with Crippen LogP contribution in [0.1, 0.15) is 18.9 Å². The van der Waals surface area contributed by atoms with E-state index in [0.717, 1.165) is 46.2 Å². The molecule has 2 aromatic carbocycles. The average Bonchev–Trinajstić information content (AvgIpc) is 3.39. The van der Waals surface area contributed by atoms with Crippen molar-refractivity contribution in [2.24, 2.45) is 0 Å². The lowest BCUT2D eigenvalue weighted by Gasteiger charge is -2.37. The molecule has 1 fully saturated rings. The molecule has 3 heterocycles. The fraction of sp³-hybridized carbons (Fsp3) is 0.222. The van der Waals surface area contributed by atoms with Gasteiger partial charge < -0.3 is 15.0 Å². The van der Waals surface area contributed by atoms with Gasteiger partial charge in [-0.05, 0) is 24.3 Å². The average molecular weight is 638 g/mol. The minimum Gasteiger partial charge on any atom is -0.395 e. The first-order valence-corrected chi connectivity index (χ1v) is 15.1. The second-order valence-corrected chi connectivity index (χ2v) is 12.5. The molecule has 43 heavy (non-hydrogen) atoms. The van der Waals surface area contributed by atoms with Gasteiger partial charge in [-0.2, -0.15) is 0 Å². The lowest BCUT2D eigenvalue weighted by molar-refractivity contribution is -0.103. The first kappa shape index (κ1) is 28.9. The molecule has 1 aliphatic rings. The summed E-state index contributed by atoms with van der Waals surface area (Å²) in [6, 6.07) is 4.97. The van der Waals surface area contributed by atoms with Gasteiger partial charge in [0.05, 0.1) is 44.7 Å². The van der Waals surface area contributed by atoms with Crippen LogP contribution in [0.15, 0.2) is 57.8 Å². The summed E-state index contributed by atoms with van der Waals surface area (Å²) in [5.41, 5.74) is -1.46. The highest BCUT2D eigenvalue weighted by atomic mass is 32.2. The van der Waals surface area contributed by atoms with Crippen molar-refractivity contribution in [2.45, 2.75) is 29.7 Å². The number of thiazole rings is 1. The second-order valence-electron chi connectivity index (χ2n) is 9.92. The summed E-state index contributed by atoms with van der Waals surface area (Å²) in [6.45, 7) is -0.116. The third-order valence-electron chi connectivity index (χ3n) is 7.05. The highest BCUT2D eigenvalue weighted by molar-refractivity contribution is 7.92. The summed E-state index contributed by atoms with van der Waals surface area (Å²) in [4.78, 5) is 21.0. The number of hydrogen-bond donors (Lipinski definition) is 3. The Morgan fingerprint density at radius 2 is 1.84 bits per heavy atom. The van der Waals surface area contributed by atoms with E-state index in [4.69, 9.17) is 5.11 Å². The van der Waals surface area contributed by atoms with Gasteiger partial charge in [0.1, 0.15) is 22.3 Å². The van der Waals surface area contributed by atoms with E-state index in [1.165, 1.54) is 17.8 Å². The lowest BCUT2D eigenvalue weighted by atomic mass is 9.87. The zero-order valence-electron chi connectivity index (χ0n) is 21.7. The van der Waals surface area contributed by atoms with Crippen LogP contribution in [0.5, 0.6) is 0 Å². The Bertz CT molecular complexity index is 2080. The summed E-state index contributed by atoms with van der Waals surface area (Å²) in [7, 11) is -4.74. The maximum Gasteiger partial charge on any atom is 0.264 e. The zero-order valence-corrected chi connectivity index (χ0v) is 23.4. The molecule has 6 rings (SSSR count). The Morgan fingerprint density at radius 3 is 2.56 bits per heavy atom. The molecular weight excluding hydrogens is 617 g/mol. The zero-order chi connectivity index (χ0) is 30.7. The molecule has 1 saturated carbocycles. The Labute approximate surface area is 243 Å². The topological polar surface area (TPSA) is 126 Å². The van der Waals surface area contributed by atoms with Crippen LogP contribution in [-0.2, 0) is 10.0 Å². The van der Waals surface area contributed by atoms with Gasteiger partial charge in [0.2, 0.25) is 0 Å². The number of benzene rings is 2. The molecule has 0 saturated heterocycles. The molecule has 0 radical (unpaired) electrons. The number of hydrogen-bond acceptors (Lipinski definition) is 8. The van der Waals surface area contributed by atoms with Crippen molar-refractivity contribution in [3.63, 3.8) is 0 Å². The van der Waals surface area contributed by atoms with Crippen LogP contribution in [0.3, 0.4) is 0 Å². The number of aromatic nitrogens is 3. The van der Waals surface area contributed by atoms with Gasteiger partial charge in [-0.15, -0.1) is 11.3 Å². The van der Waals surface area contributed by atoms with Crippen molar-refractivity contribution in [1.29, 1.82) is 0 Å². The quantitative estimate of drug-likeness (QED) is 0.198. The first-order valence-electron chi connectivity index (χ1n) is 12.7. The van der Waals surface area contributed by atoms with Crippen LogP contribution in [0, 0.1) is 17.5 Å². The predicted octanol–water partition coefficient (Wildman–Crippen LogP) is 5.27. The molecule has 5 aromatic rings. The van der Waals surface area contributed by atoms with Crippen molar-refractivity contribution in [3.05, 3.63) is 75.9 Å². The standard InChI is InChI=1S/C27H20F5N5O4S2/c28-16-1-2-18(36-43(40,41)22-8-21-19(6-17(22)29)35-12-42-21)25(30)24(16)15-5-13-11-34-23(33-3-4-38)7-20(13)37(26(15)39)14-9-27(31,32)10-14/h1-2,5-8,11-12,14,36,38H,3-4,9-10H2,(H,33,34). The highest BCUT2D eigenvalue weighted by Gasteiger charge is 2.47. The number of alkyl halides is 2. The van der Waals surface area contributed by atoms with Crippen LogP contribution in [0.25, 0.3) is 32.2 Å². The van der Waals surface area contributed by atoms with Gasteiger partial charge in [0, 0.05) is 49.1 Å². The molecule has 1 aliphatic carbocycles. The molecule has 0 bridgehead atoms. The third kappa shape index (κ3) is 5.19. The molecule has 224 valence electrons. The van der Waals surface area contributed by atoms with Crippen LogP contribution >= 0.6 is 11.3 Å². The third-order valence-corrected chi connectivity index (χ3v) is 9.22.